The zero-order valence-corrected chi connectivity index (χ0v) is 12.7. The molecule has 98 valence electrons. The van der Waals surface area contributed by atoms with Crippen LogP contribution in [0.1, 0.15) is 13.8 Å². The van der Waals surface area contributed by atoms with Crippen LogP contribution in [-0.4, -0.2) is 45.4 Å². The van der Waals surface area contributed by atoms with Gasteiger partial charge in [-0.2, -0.15) is 0 Å². The Bertz CT molecular complexity index is 546. The van der Waals surface area contributed by atoms with Crippen LogP contribution < -0.4 is 5.32 Å². The average Bonchev–Trinajstić information content (AvgIpc) is 2.73. The van der Waals surface area contributed by atoms with Crippen molar-refractivity contribution in [3.8, 4) is 0 Å². The Labute approximate surface area is 115 Å². The molecule has 0 amide bonds. The molecule has 2 aromatic rings. The summed E-state index contributed by atoms with van der Waals surface area (Å²) in [6, 6.07) is 0. The maximum atomic E-state index is 4.44. The molecule has 0 saturated carbocycles. The summed E-state index contributed by atoms with van der Waals surface area (Å²) in [5.41, 5.74) is 0.890. The minimum absolute atomic E-state index is 0.0492. The number of likely N-dealkylation sites (N-methyl/N-ethyl adjacent to an activating group) is 1. The molecule has 0 fully saturated rings. The topological polar surface area (TPSA) is 45.5 Å². The first-order valence-electron chi connectivity index (χ1n) is 5.81. The van der Waals surface area contributed by atoms with Gasteiger partial charge in [0, 0.05) is 30.7 Å². The van der Waals surface area contributed by atoms with Crippen molar-refractivity contribution < 1.29 is 0 Å². The van der Waals surface area contributed by atoms with Crippen molar-refractivity contribution in [1.29, 1.82) is 0 Å². The van der Waals surface area contributed by atoms with E-state index < -0.39 is 0 Å². The van der Waals surface area contributed by atoms with Gasteiger partial charge in [-0.15, -0.1) is 0 Å². The van der Waals surface area contributed by atoms with E-state index in [0.717, 1.165) is 22.6 Å². The number of halogens is 1. The zero-order chi connectivity index (χ0) is 13.3. The first kappa shape index (κ1) is 13.3. The molecule has 0 aliphatic rings. The van der Waals surface area contributed by atoms with Crippen molar-refractivity contribution in [3.63, 3.8) is 0 Å². The van der Waals surface area contributed by atoms with Gasteiger partial charge in [-0.3, -0.25) is 0 Å². The standard InChI is InChI=1S/C12H18BrN5/c1-12(2,17(3)4)8-15-10-11-14-5-6-18(11)7-9(13)16-10/h5-7H,8H2,1-4H3,(H,15,16). The number of anilines is 1. The summed E-state index contributed by atoms with van der Waals surface area (Å²) in [7, 11) is 4.14. The van der Waals surface area contributed by atoms with Gasteiger partial charge >= 0.3 is 0 Å². The van der Waals surface area contributed by atoms with Crippen LogP contribution in [0.15, 0.2) is 23.2 Å². The monoisotopic (exact) mass is 311 g/mol. The Morgan fingerprint density at radius 2 is 2.17 bits per heavy atom. The molecule has 2 aromatic heterocycles. The van der Waals surface area contributed by atoms with Crippen molar-refractivity contribution in [2.75, 3.05) is 26.0 Å². The molecule has 1 N–H and O–H groups in total. The second-order valence-electron chi connectivity index (χ2n) is 5.13. The highest BCUT2D eigenvalue weighted by Crippen LogP contribution is 2.18. The first-order valence-corrected chi connectivity index (χ1v) is 6.60. The summed E-state index contributed by atoms with van der Waals surface area (Å²) in [6.07, 6.45) is 5.57. The Morgan fingerprint density at radius 3 is 2.83 bits per heavy atom. The highest BCUT2D eigenvalue weighted by atomic mass is 79.9. The first-order chi connectivity index (χ1) is 8.40. The fraction of sp³-hybridized carbons (Fsp3) is 0.500. The van der Waals surface area contributed by atoms with Gasteiger partial charge in [0.2, 0.25) is 0 Å². The fourth-order valence-corrected chi connectivity index (χ4v) is 1.88. The molecule has 6 heteroatoms. The Kier molecular flexibility index (Phi) is 3.59. The number of nitrogens with zero attached hydrogens (tertiary/aromatic N) is 4. The van der Waals surface area contributed by atoms with E-state index in [1.807, 2.05) is 16.8 Å². The molecule has 2 heterocycles. The molecular formula is C12H18BrN5. The summed E-state index contributed by atoms with van der Waals surface area (Å²) in [6.45, 7) is 5.16. The molecule has 0 bridgehead atoms. The lowest BCUT2D eigenvalue weighted by molar-refractivity contribution is 0.210. The highest BCUT2D eigenvalue weighted by molar-refractivity contribution is 9.10. The van der Waals surface area contributed by atoms with Crippen molar-refractivity contribution in [2.24, 2.45) is 0 Å². The lowest BCUT2D eigenvalue weighted by Gasteiger charge is -2.32. The molecule has 0 aliphatic heterocycles. The van der Waals surface area contributed by atoms with Gasteiger partial charge in [0.25, 0.3) is 0 Å². The van der Waals surface area contributed by atoms with E-state index in [9.17, 15) is 0 Å². The van der Waals surface area contributed by atoms with E-state index in [0.29, 0.717) is 0 Å². The summed E-state index contributed by atoms with van der Waals surface area (Å²) >= 11 is 3.41. The van der Waals surface area contributed by atoms with Crippen molar-refractivity contribution in [1.82, 2.24) is 19.3 Å². The molecule has 0 atom stereocenters. The average molecular weight is 312 g/mol. The van der Waals surface area contributed by atoms with Gasteiger partial charge in [0.05, 0.1) is 0 Å². The van der Waals surface area contributed by atoms with Gasteiger partial charge in [-0.25, -0.2) is 9.97 Å². The zero-order valence-electron chi connectivity index (χ0n) is 11.1. The predicted molar refractivity (Wildman–Crippen MR) is 76.9 cm³/mol. The van der Waals surface area contributed by atoms with Crippen LogP contribution >= 0.6 is 15.9 Å². The Hall–Kier alpha value is -1.14. The molecule has 0 spiro atoms. The minimum atomic E-state index is 0.0492. The van der Waals surface area contributed by atoms with Crippen molar-refractivity contribution in [3.05, 3.63) is 23.2 Å². The second kappa shape index (κ2) is 4.85. The predicted octanol–water partition coefficient (Wildman–Crippen LogP) is 2.24. The smallest absolute Gasteiger partial charge is 0.180 e. The number of nitrogens with one attached hydrogen (secondary N) is 1. The number of imidazole rings is 1. The van der Waals surface area contributed by atoms with Gasteiger partial charge in [-0.1, -0.05) is 0 Å². The van der Waals surface area contributed by atoms with Crippen LogP contribution in [0.3, 0.4) is 0 Å². The molecule has 2 rings (SSSR count). The quantitative estimate of drug-likeness (QED) is 0.940. The van der Waals surface area contributed by atoms with Gasteiger partial charge in [0.15, 0.2) is 11.5 Å². The van der Waals surface area contributed by atoms with E-state index in [4.69, 9.17) is 0 Å². The highest BCUT2D eigenvalue weighted by Gasteiger charge is 2.20. The fourth-order valence-electron chi connectivity index (χ4n) is 1.48. The third-order valence-corrected chi connectivity index (χ3v) is 3.63. The molecule has 18 heavy (non-hydrogen) atoms. The maximum Gasteiger partial charge on any atom is 0.180 e. The number of hydrogen-bond donors (Lipinski definition) is 1. The van der Waals surface area contributed by atoms with Crippen LogP contribution in [0.25, 0.3) is 5.65 Å². The lowest BCUT2D eigenvalue weighted by atomic mass is 10.0. The van der Waals surface area contributed by atoms with Crippen LogP contribution in [0.5, 0.6) is 0 Å². The molecular weight excluding hydrogens is 294 g/mol. The number of hydrogen-bond acceptors (Lipinski definition) is 4. The maximum absolute atomic E-state index is 4.44. The van der Waals surface area contributed by atoms with E-state index >= 15 is 0 Å². The molecule has 5 nitrogen and oxygen atoms in total. The van der Waals surface area contributed by atoms with E-state index in [1.54, 1.807) is 6.20 Å². The van der Waals surface area contributed by atoms with Gasteiger partial charge < -0.3 is 14.6 Å². The van der Waals surface area contributed by atoms with Crippen molar-refractivity contribution in [2.45, 2.75) is 19.4 Å². The number of rotatable bonds is 4. The van der Waals surface area contributed by atoms with Gasteiger partial charge in [-0.05, 0) is 43.9 Å². The van der Waals surface area contributed by atoms with Crippen LogP contribution in [0.2, 0.25) is 0 Å². The Balaban J connectivity index is 2.24. The molecule has 0 saturated heterocycles. The summed E-state index contributed by atoms with van der Waals surface area (Å²) < 4.78 is 2.74. The normalized spacial score (nSPS) is 12.3. The third kappa shape index (κ3) is 2.64. The van der Waals surface area contributed by atoms with E-state index in [-0.39, 0.29) is 5.54 Å². The summed E-state index contributed by atoms with van der Waals surface area (Å²) in [5, 5.41) is 3.37. The van der Waals surface area contributed by atoms with Crippen molar-refractivity contribution >= 4 is 27.4 Å². The second-order valence-corrected chi connectivity index (χ2v) is 5.94. The third-order valence-electron chi connectivity index (χ3n) is 3.24. The SMILES string of the molecule is CN(C)C(C)(C)CNc1nc(Br)cn2ccnc12. The van der Waals surface area contributed by atoms with Crippen LogP contribution in [0, 0.1) is 0 Å². The minimum Gasteiger partial charge on any atom is -0.365 e. The lowest BCUT2D eigenvalue weighted by Crippen LogP contribution is -2.44. The molecule has 0 radical (unpaired) electrons. The molecule has 0 aliphatic carbocycles. The number of aromatic nitrogens is 3. The molecule has 0 unspecified atom stereocenters. The molecule has 0 aromatic carbocycles. The van der Waals surface area contributed by atoms with E-state index in [2.05, 4.69) is 64.1 Å². The van der Waals surface area contributed by atoms with E-state index in [1.165, 1.54) is 0 Å². The van der Waals surface area contributed by atoms with Gasteiger partial charge in [0.1, 0.15) is 4.60 Å². The summed E-state index contributed by atoms with van der Waals surface area (Å²) in [5.74, 6) is 0.796. The van der Waals surface area contributed by atoms with Crippen LogP contribution in [-0.2, 0) is 0 Å². The summed E-state index contributed by atoms with van der Waals surface area (Å²) in [4.78, 5) is 10.9. The van der Waals surface area contributed by atoms with Crippen LogP contribution in [0.4, 0.5) is 5.82 Å². The Morgan fingerprint density at radius 1 is 1.44 bits per heavy atom. The number of fused-ring (bicyclic) bond motifs is 1. The largest absolute Gasteiger partial charge is 0.365 e.